The Morgan fingerprint density at radius 2 is 1.77 bits per heavy atom. The Morgan fingerprint density at radius 3 is 2.42 bits per heavy atom. The Morgan fingerprint density at radius 1 is 1.12 bits per heavy atom. The third-order valence-electron chi connectivity index (χ3n) is 4.69. The maximum Gasteiger partial charge on any atom is 0.193 e. The Bertz CT molecular complexity index is 740. The molecule has 0 radical (unpaired) electrons. The van der Waals surface area contributed by atoms with Crippen molar-refractivity contribution in [2.24, 2.45) is 11.8 Å². The van der Waals surface area contributed by atoms with Crippen LogP contribution in [0.1, 0.15) is 28.8 Å². The van der Waals surface area contributed by atoms with Crippen molar-refractivity contribution >= 4 is 21.7 Å². The first-order valence-corrected chi connectivity index (χ1v) is 9.81. The van der Waals surface area contributed by atoms with Crippen molar-refractivity contribution in [2.45, 2.75) is 12.8 Å². The fraction of sp³-hybridized carbons (Fsp3) is 0.318. The molecule has 2 atom stereocenters. The van der Waals surface area contributed by atoms with Crippen LogP contribution < -0.4 is 10.1 Å². The first-order chi connectivity index (χ1) is 12.7. The molecule has 2 aromatic carbocycles. The third kappa shape index (κ3) is 5.29. The molecule has 0 aliphatic heterocycles. The van der Waals surface area contributed by atoms with Gasteiger partial charge < -0.3 is 10.1 Å². The van der Waals surface area contributed by atoms with E-state index in [0.717, 1.165) is 42.3 Å². The second-order valence-corrected chi connectivity index (χ2v) is 7.62. The largest absolute Gasteiger partial charge is 0.493 e. The molecule has 0 amide bonds. The van der Waals surface area contributed by atoms with E-state index < -0.39 is 0 Å². The summed E-state index contributed by atoms with van der Waals surface area (Å²) in [5.74, 6) is 2.20. The lowest BCUT2D eigenvalue weighted by Crippen LogP contribution is -2.19. The Labute approximate surface area is 163 Å². The fourth-order valence-corrected chi connectivity index (χ4v) is 3.19. The van der Waals surface area contributed by atoms with Crippen molar-refractivity contribution in [2.75, 3.05) is 19.7 Å². The zero-order chi connectivity index (χ0) is 18.4. The van der Waals surface area contributed by atoms with Gasteiger partial charge in [-0.25, -0.2) is 0 Å². The van der Waals surface area contributed by atoms with Gasteiger partial charge in [-0.2, -0.15) is 0 Å². The molecule has 0 spiro atoms. The van der Waals surface area contributed by atoms with Crippen LogP contribution in [-0.4, -0.2) is 25.5 Å². The molecule has 2 aromatic rings. The Balaban J connectivity index is 1.44. The maximum atomic E-state index is 12.5. The molecule has 1 aliphatic rings. The summed E-state index contributed by atoms with van der Waals surface area (Å²) in [6.07, 6.45) is 4.17. The fourth-order valence-electron chi connectivity index (χ4n) is 2.93. The van der Waals surface area contributed by atoms with Crippen molar-refractivity contribution < 1.29 is 9.53 Å². The minimum atomic E-state index is 0.0249. The average Bonchev–Trinajstić information content (AvgIpc) is 3.42. The molecule has 0 aromatic heterocycles. The molecule has 1 N–H and O–H groups in total. The number of carbonyl (C=O) groups excluding carboxylic acids is 1. The van der Waals surface area contributed by atoms with Crippen molar-refractivity contribution in [1.29, 1.82) is 0 Å². The predicted molar refractivity (Wildman–Crippen MR) is 109 cm³/mol. The van der Waals surface area contributed by atoms with Crippen LogP contribution in [0.5, 0.6) is 5.75 Å². The molecule has 3 nitrogen and oxygen atoms in total. The summed E-state index contributed by atoms with van der Waals surface area (Å²) >= 11 is 3.38. The summed E-state index contributed by atoms with van der Waals surface area (Å²) in [5, 5.41) is 3.45. The molecule has 0 saturated heterocycles. The highest BCUT2D eigenvalue weighted by Gasteiger charge is 2.36. The van der Waals surface area contributed by atoms with Crippen molar-refractivity contribution in [3.05, 3.63) is 76.8 Å². The first kappa shape index (κ1) is 18.9. The quantitative estimate of drug-likeness (QED) is 0.343. The number of hydrogen-bond donors (Lipinski definition) is 1. The van der Waals surface area contributed by atoms with Gasteiger partial charge in [-0.15, -0.1) is 6.58 Å². The minimum Gasteiger partial charge on any atom is -0.493 e. The smallest absolute Gasteiger partial charge is 0.193 e. The number of rotatable bonds is 10. The summed E-state index contributed by atoms with van der Waals surface area (Å²) in [6, 6.07) is 14.8. The zero-order valence-corrected chi connectivity index (χ0v) is 16.4. The van der Waals surface area contributed by atoms with E-state index in [-0.39, 0.29) is 5.78 Å². The summed E-state index contributed by atoms with van der Waals surface area (Å²) in [4.78, 5) is 12.5. The number of ether oxygens (including phenoxy) is 1. The standard InChI is InChI=1S/C22H24BrNO2/c1-2-3-12-24-14-18-13-19(18)15-26-21-10-6-17(7-11-21)22(25)16-4-8-20(23)9-5-16/h2,4-11,18-19,24H,1,3,12-15H2. The minimum absolute atomic E-state index is 0.0249. The SMILES string of the molecule is C=CCCNCC1CC1COc1ccc(C(=O)c2ccc(Br)cc2)cc1. The topological polar surface area (TPSA) is 38.3 Å². The van der Waals surface area contributed by atoms with Gasteiger partial charge in [0.05, 0.1) is 6.61 Å². The van der Waals surface area contributed by atoms with E-state index in [1.165, 1.54) is 6.42 Å². The summed E-state index contributed by atoms with van der Waals surface area (Å²) < 4.78 is 6.85. The van der Waals surface area contributed by atoms with E-state index in [0.29, 0.717) is 17.0 Å². The number of hydrogen-bond acceptors (Lipinski definition) is 3. The number of ketones is 1. The van der Waals surface area contributed by atoms with Crippen LogP contribution in [0.2, 0.25) is 0 Å². The normalized spacial score (nSPS) is 18.3. The van der Waals surface area contributed by atoms with Gasteiger partial charge in [0, 0.05) is 15.6 Å². The highest BCUT2D eigenvalue weighted by Crippen LogP contribution is 2.38. The van der Waals surface area contributed by atoms with Gasteiger partial charge in [-0.1, -0.05) is 22.0 Å². The van der Waals surface area contributed by atoms with E-state index in [9.17, 15) is 4.79 Å². The van der Waals surface area contributed by atoms with Gasteiger partial charge in [0.25, 0.3) is 0 Å². The predicted octanol–water partition coefficient (Wildman–Crippen LogP) is 4.86. The molecule has 3 rings (SSSR count). The van der Waals surface area contributed by atoms with E-state index in [2.05, 4.69) is 27.8 Å². The van der Waals surface area contributed by atoms with Gasteiger partial charge in [-0.3, -0.25) is 4.79 Å². The highest BCUT2D eigenvalue weighted by molar-refractivity contribution is 9.10. The molecule has 1 fully saturated rings. The monoisotopic (exact) mass is 413 g/mol. The zero-order valence-electron chi connectivity index (χ0n) is 14.8. The summed E-state index contributed by atoms with van der Waals surface area (Å²) in [6.45, 7) is 6.53. The first-order valence-electron chi connectivity index (χ1n) is 9.02. The molecule has 1 saturated carbocycles. The number of benzene rings is 2. The van der Waals surface area contributed by atoms with E-state index in [1.54, 1.807) is 0 Å². The molecule has 1 aliphatic carbocycles. The van der Waals surface area contributed by atoms with Crippen molar-refractivity contribution in [1.82, 2.24) is 5.32 Å². The lowest BCUT2D eigenvalue weighted by Gasteiger charge is -2.07. The second-order valence-electron chi connectivity index (χ2n) is 6.71. The van der Waals surface area contributed by atoms with Gasteiger partial charge in [0.1, 0.15) is 5.75 Å². The lowest BCUT2D eigenvalue weighted by molar-refractivity contribution is 0.103. The maximum absolute atomic E-state index is 12.5. The molecule has 0 heterocycles. The highest BCUT2D eigenvalue weighted by atomic mass is 79.9. The number of halogens is 1. The molecular formula is C22H24BrNO2. The molecule has 4 heteroatoms. The van der Waals surface area contributed by atoms with Gasteiger partial charge in [0.2, 0.25) is 0 Å². The van der Waals surface area contributed by atoms with Crippen LogP contribution in [-0.2, 0) is 0 Å². The summed E-state index contributed by atoms with van der Waals surface area (Å²) in [7, 11) is 0. The van der Waals surface area contributed by atoms with Gasteiger partial charge in [-0.05, 0) is 86.3 Å². The van der Waals surface area contributed by atoms with Crippen molar-refractivity contribution in [3.63, 3.8) is 0 Å². The van der Waals surface area contributed by atoms with Crippen molar-refractivity contribution in [3.8, 4) is 5.75 Å². The number of nitrogens with one attached hydrogen (secondary N) is 1. The molecule has 136 valence electrons. The molecule has 26 heavy (non-hydrogen) atoms. The second kappa shape index (κ2) is 9.15. The van der Waals surface area contributed by atoms with Crippen LogP contribution in [0.25, 0.3) is 0 Å². The van der Waals surface area contributed by atoms with E-state index in [4.69, 9.17) is 4.74 Å². The summed E-state index contributed by atoms with van der Waals surface area (Å²) in [5.41, 5.74) is 1.36. The van der Waals surface area contributed by atoms with E-state index >= 15 is 0 Å². The van der Waals surface area contributed by atoms with E-state index in [1.807, 2.05) is 54.6 Å². The van der Waals surface area contributed by atoms with Crippen LogP contribution in [0, 0.1) is 11.8 Å². The Kier molecular flexibility index (Phi) is 6.64. The van der Waals surface area contributed by atoms with Gasteiger partial charge >= 0.3 is 0 Å². The third-order valence-corrected chi connectivity index (χ3v) is 5.22. The Hall–Kier alpha value is -1.91. The lowest BCUT2D eigenvalue weighted by atomic mass is 10.0. The van der Waals surface area contributed by atoms with Gasteiger partial charge in [0.15, 0.2) is 5.78 Å². The molecule has 0 bridgehead atoms. The average molecular weight is 414 g/mol. The molecule has 2 unspecified atom stereocenters. The number of carbonyl (C=O) groups is 1. The molecular weight excluding hydrogens is 390 g/mol. The van der Waals surface area contributed by atoms with Crippen LogP contribution in [0.4, 0.5) is 0 Å². The van der Waals surface area contributed by atoms with Crippen LogP contribution in [0.15, 0.2) is 65.7 Å². The van der Waals surface area contributed by atoms with Crippen LogP contribution >= 0.6 is 15.9 Å². The van der Waals surface area contributed by atoms with Crippen LogP contribution in [0.3, 0.4) is 0 Å².